The zero-order valence-corrected chi connectivity index (χ0v) is 16.5. The highest BCUT2D eigenvalue weighted by molar-refractivity contribution is 6.01. The fraction of sp³-hybridized carbons (Fsp3) is 0.261. The Balaban J connectivity index is 1.65. The van der Waals surface area contributed by atoms with Gasteiger partial charge < -0.3 is 14.2 Å². The third kappa shape index (κ3) is 3.92. The normalized spacial score (nSPS) is 16.9. The van der Waals surface area contributed by atoms with E-state index in [0.717, 1.165) is 16.8 Å². The van der Waals surface area contributed by atoms with Crippen molar-refractivity contribution in [3.8, 4) is 0 Å². The van der Waals surface area contributed by atoms with Crippen LogP contribution in [0.1, 0.15) is 27.4 Å². The molecule has 6 heteroatoms. The van der Waals surface area contributed by atoms with Gasteiger partial charge in [-0.2, -0.15) is 0 Å². The van der Waals surface area contributed by atoms with Crippen LogP contribution >= 0.6 is 0 Å². The van der Waals surface area contributed by atoms with E-state index in [1.165, 1.54) is 6.39 Å². The smallest absolute Gasteiger partial charge is 0.276 e. The number of carbonyl (C=O) groups excluding carboxylic acids is 2. The van der Waals surface area contributed by atoms with Gasteiger partial charge in [0.1, 0.15) is 12.3 Å². The number of rotatable bonds is 4. The van der Waals surface area contributed by atoms with Crippen molar-refractivity contribution in [2.45, 2.75) is 26.3 Å². The van der Waals surface area contributed by atoms with E-state index in [1.54, 1.807) is 16.7 Å². The van der Waals surface area contributed by atoms with Crippen LogP contribution in [0.3, 0.4) is 0 Å². The number of oxazole rings is 1. The first kappa shape index (κ1) is 18.9. The molecule has 1 saturated heterocycles. The van der Waals surface area contributed by atoms with Gasteiger partial charge in [-0.3, -0.25) is 9.59 Å². The first-order valence-corrected chi connectivity index (χ1v) is 9.65. The van der Waals surface area contributed by atoms with Crippen LogP contribution in [0.2, 0.25) is 0 Å². The second-order valence-electron chi connectivity index (χ2n) is 7.37. The Hall–Kier alpha value is -3.41. The second kappa shape index (κ2) is 7.91. The topological polar surface area (TPSA) is 66.7 Å². The van der Waals surface area contributed by atoms with E-state index >= 15 is 0 Å². The summed E-state index contributed by atoms with van der Waals surface area (Å²) in [5.41, 5.74) is 3.37. The van der Waals surface area contributed by atoms with E-state index in [0.29, 0.717) is 18.7 Å². The van der Waals surface area contributed by atoms with Crippen LogP contribution in [0.5, 0.6) is 0 Å². The van der Waals surface area contributed by atoms with Crippen LogP contribution in [0, 0.1) is 13.8 Å². The Kier molecular flexibility index (Phi) is 5.16. The van der Waals surface area contributed by atoms with Gasteiger partial charge in [-0.25, -0.2) is 4.98 Å². The molecule has 6 nitrogen and oxygen atoms in total. The molecule has 1 aliphatic rings. The summed E-state index contributed by atoms with van der Waals surface area (Å²) < 4.78 is 5.20. The second-order valence-corrected chi connectivity index (χ2v) is 7.37. The standard InChI is InChI=1S/C23H23N3O3/c1-16-8-10-19(11-9-16)25-13-20(12-18-6-4-3-5-7-18)26(14-21(25)27)23(28)22-17(2)29-15-24-22/h3-11,15,20H,12-14H2,1-2H3/t20-/m1/s1. The average molecular weight is 389 g/mol. The SMILES string of the molecule is Cc1ccc(N2C[C@@H](Cc3ccccc3)N(C(=O)c3ncoc3C)CC2=O)cc1. The predicted octanol–water partition coefficient (Wildman–Crippen LogP) is 3.39. The molecule has 0 aliphatic carbocycles. The highest BCUT2D eigenvalue weighted by Gasteiger charge is 2.37. The summed E-state index contributed by atoms with van der Waals surface area (Å²) in [4.78, 5) is 33.5. The molecule has 0 saturated carbocycles. The number of nitrogens with zero attached hydrogens (tertiary/aromatic N) is 3. The molecule has 29 heavy (non-hydrogen) atoms. The zero-order chi connectivity index (χ0) is 20.4. The number of aromatic nitrogens is 1. The van der Waals surface area contributed by atoms with E-state index in [9.17, 15) is 9.59 Å². The summed E-state index contributed by atoms with van der Waals surface area (Å²) in [5.74, 6) is 0.0867. The van der Waals surface area contributed by atoms with Crippen molar-refractivity contribution in [2.75, 3.05) is 18.0 Å². The Bertz CT molecular complexity index is 1010. The number of aryl methyl sites for hydroxylation is 2. The molecule has 1 atom stereocenters. The first-order valence-electron chi connectivity index (χ1n) is 9.65. The van der Waals surface area contributed by atoms with E-state index in [4.69, 9.17) is 4.42 Å². The maximum atomic E-state index is 13.1. The minimum atomic E-state index is -0.269. The fourth-order valence-corrected chi connectivity index (χ4v) is 3.69. The van der Waals surface area contributed by atoms with Crippen LogP contribution < -0.4 is 4.90 Å². The highest BCUT2D eigenvalue weighted by Crippen LogP contribution is 2.24. The van der Waals surface area contributed by atoms with Gasteiger partial charge >= 0.3 is 0 Å². The van der Waals surface area contributed by atoms with Crippen molar-refractivity contribution in [1.82, 2.24) is 9.88 Å². The van der Waals surface area contributed by atoms with Gasteiger partial charge in [0.2, 0.25) is 5.91 Å². The summed E-state index contributed by atoms with van der Waals surface area (Å²) in [6.07, 6.45) is 1.91. The number of hydrogen-bond donors (Lipinski definition) is 0. The monoisotopic (exact) mass is 389 g/mol. The van der Waals surface area contributed by atoms with E-state index in [1.807, 2.05) is 61.5 Å². The van der Waals surface area contributed by atoms with E-state index < -0.39 is 0 Å². The molecule has 3 aromatic rings. The molecule has 0 bridgehead atoms. The number of hydrogen-bond acceptors (Lipinski definition) is 4. The molecule has 1 aromatic heterocycles. The lowest BCUT2D eigenvalue weighted by molar-refractivity contribution is -0.121. The molecule has 2 heterocycles. The average Bonchev–Trinajstić information content (AvgIpc) is 3.16. The fourth-order valence-electron chi connectivity index (χ4n) is 3.69. The number of amides is 2. The van der Waals surface area contributed by atoms with Crippen molar-refractivity contribution in [2.24, 2.45) is 0 Å². The molecule has 0 unspecified atom stereocenters. The Morgan fingerprint density at radius 3 is 2.48 bits per heavy atom. The van der Waals surface area contributed by atoms with Crippen LogP contribution in [-0.4, -0.2) is 40.8 Å². The van der Waals surface area contributed by atoms with Gasteiger partial charge in [0.25, 0.3) is 5.91 Å². The third-order valence-electron chi connectivity index (χ3n) is 5.31. The molecule has 2 aromatic carbocycles. The predicted molar refractivity (Wildman–Crippen MR) is 110 cm³/mol. The Labute approximate surface area is 169 Å². The van der Waals surface area contributed by atoms with Crippen LogP contribution in [0.15, 0.2) is 65.4 Å². The summed E-state index contributed by atoms with van der Waals surface area (Å²) in [5, 5.41) is 0. The number of benzene rings is 2. The number of piperazine rings is 1. The lowest BCUT2D eigenvalue weighted by atomic mass is 10.0. The highest BCUT2D eigenvalue weighted by atomic mass is 16.3. The van der Waals surface area contributed by atoms with Gasteiger partial charge in [0.15, 0.2) is 12.1 Å². The lowest BCUT2D eigenvalue weighted by Crippen LogP contribution is -2.59. The maximum Gasteiger partial charge on any atom is 0.276 e. The number of anilines is 1. The summed E-state index contributed by atoms with van der Waals surface area (Å²) in [6.45, 7) is 4.16. The largest absolute Gasteiger partial charge is 0.448 e. The molecule has 148 valence electrons. The van der Waals surface area contributed by atoms with Crippen LogP contribution in [0.25, 0.3) is 0 Å². The Morgan fingerprint density at radius 1 is 1.10 bits per heavy atom. The zero-order valence-electron chi connectivity index (χ0n) is 16.5. The van der Waals surface area contributed by atoms with Crippen LogP contribution in [0.4, 0.5) is 5.69 Å². The third-order valence-corrected chi connectivity index (χ3v) is 5.31. The molecular weight excluding hydrogens is 366 g/mol. The summed E-state index contributed by atoms with van der Waals surface area (Å²) in [7, 11) is 0. The van der Waals surface area contributed by atoms with Crippen molar-refractivity contribution < 1.29 is 14.0 Å². The molecule has 1 aliphatic heterocycles. The minimum Gasteiger partial charge on any atom is -0.448 e. The lowest BCUT2D eigenvalue weighted by Gasteiger charge is -2.41. The van der Waals surface area contributed by atoms with Crippen molar-refractivity contribution >= 4 is 17.5 Å². The molecule has 0 spiro atoms. The molecule has 4 rings (SSSR count). The van der Waals surface area contributed by atoms with Crippen molar-refractivity contribution in [3.05, 3.63) is 83.6 Å². The van der Waals surface area contributed by atoms with Crippen molar-refractivity contribution in [1.29, 1.82) is 0 Å². The van der Waals surface area contributed by atoms with Gasteiger partial charge in [0.05, 0.1) is 6.04 Å². The molecule has 0 radical (unpaired) electrons. The minimum absolute atomic E-state index is 0.0104. The quantitative estimate of drug-likeness (QED) is 0.686. The molecule has 0 N–H and O–H groups in total. The summed E-state index contributed by atoms with van der Waals surface area (Å²) >= 11 is 0. The molecule has 1 fully saturated rings. The van der Waals surface area contributed by atoms with Crippen LogP contribution in [-0.2, 0) is 11.2 Å². The number of carbonyl (C=O) groups is 2. The van der Waals surface area contributed by atoms with Gasteiger partial charge in [-0.15, -0.1) is 0 Å². The van der Waals surface area contributed by atoms with Crippen molar-refractivity contribution in [3.63, 3.8) is 0 Å². The van der Waals surface area contributed by atoms with Gasteiger partial charge in [-0.05, 0) is 38.0 Å². The maximum absolute atomic E-state index is 13.1. The molecule has 2 amide bonds. The molecular formula is C23H23N3O3. The van der Waals surface area contributed by atoms with Gasteiger partial charge in [0, 0.05) is 12.2 Å². The Morgan fingerprint density at radius 2 is 1.83 bits per heavy atom. The first-order chi connectivity index (χ1) is 14.0. The van der Waals surface area contributed by atoms with E-state index in [2.05, 4.69) is 4.98 Å². The summed E-state index contributed by atoms with van der Waals surface area (Å²) in [6, 6.07) is 17.7. The van der Waals surface area contributed by atoms with E-state index in [-0.39, 0.29) is 30.1 Å². The van der Waals surface area contributed by atoms with Gasteiger partial charge in [-0.1, -0.05) is 48.0 Å².